The number of carbonyl (C=O) groups is 1. The fourth-order valence-electron chi connectivity index (χ4n) is 1.23. The van der Waals surface area contributed by atoms with E-state index < -0.39 is 11.6 Å². The van der Waals surface area contributed by atoms with Crippen molar-refractivity contribution in [1.29, 1.82) is 0 Å². The minimum atomic E-state index is -1.72. The minimum Gasteiger partial charge on any atom is -0.479 e. The topological polar surface area (TPSA) is 69.6 Å². The molecule has 1 aromatic carbocycles. The molecular weight excluding hydrogens is 206 g/mol. The van der Waals surface area contributed by atoms with E-state index in [9.17, 15) is 9.90 Å². The van der Waals surface area contributed by atoms with E-state index in [2.05, 4.69) is 5.32 Å². The Morgan fingerprint density at radius 1 is 1.38 bits per heavy atom. The lowest BCUT2D eigenvalue weighted by Crippen LogP contribution is -2.44. The summed E-state index contributed by atoms with van der Waals surface area (Å²) < 4.78 is 0. The first-order valence-electron chi connectivity index (χ1n) is 5.14. The number of nitrogens with one attached hydrogen (secondary N) is 1. The van der Waals surface area contributed by atoms with Crippen LogP contribution in [0.2, 0.25) is 0 Å². The van der Waals surface area contributed by atoms with Crippen LogP contribution in [0.1, 0.15) is 18.1 Å². The van der Waals surface area contributed by atoms with Crippen molar-refractivity contribution < 1.29 is 15.0 Å². The van der Waals surface area contributed by atoms with Crippen molar-refractivity contribution in [2.75, 3.05) is 6.54 Å². The first kappa shape index (κ1) is 12.7. The fourth-order valence-corrected chi connectivity index (χ4v) is 1.23. The molecule has 0 aromatic heterocycles. The van der Waals surface area contributed by atoms with Gasteiger partial charge in [0.05, 0.1) is 0 Å². The number of carboxylic acid groups (broad SMARTS) is 1. The van der Waals surface area contributed by atoms with Gasteiger partial charge in [0.2, 0.25) is 0 Å². The van der Waals surface area contributed by atoms with Crippen LogP contribution in [0.25, 0.3) is 0 Å². The molecule has 0 saturated carbocycles. The van der Waals surface area contributed by atoms with E-state index in [0.29, 0.717) is 6.54 Å². The Hall–Kier alpha value is -1.39. The first-order chi connectivity index (χ1) is 7.42. The summed E-state index contributed by atoms with van der Waals surface area (Å²) >= 11 is 0. The van der Waals surface area contributed by atoms with Crippen LogP contribution < -0.4 is 5.32 Å². The Balaban J connectivity index is 2.41. The number of carboxylic acids is 1. The summed E-state index contributed by atoms with van der Waals surface area (Å²) in [5.74, 6) is -1.22. The molecule has 1 aromatic rings. The lowest BCUT2D eigenvalue weighted by Gasteiger charge is -2.18. The predicted octanol–water partition coefficient (Wildman–Crippen LogP) is 0.920. The van der Waals surface area contributed by atoms with E-state index in [1.165, 1.54) is 12.5 Å². The number of aryl methyl sites for hydroxylation is 1. The molecule has 1 rings (SSSR count). The highest BCUT2D eigenvalue weighted by molar-refractivity contribution is 5.76. The van der Waals surface area contributed by atoms with Gasteiger partial charge in [-0.05, 0) is 19.4 Å². The van der Waals surface area contributed by atoms with Gasteiger partial charge in [-0.15, -0.1) is 0 Å². The Labute approximate surface area is 94.9 Å². The normalized spacial score (nSPS) is 14.4. The van der Waals surface area contributed by atoms with E-state index in [-0.39, 0.29) is 6.54 Å². The number of hydrogen-bond donors (Lipinski definition) is 3. The molecule has 0 aliphatic carbocycles. The summed E-state index contributed by atoms with van der Waals surface area (Å²) in [7, 11) is 0. The molecule has 0 aliphatic rings. The average Bonchev–Trinajstić information content (AvgIpc) is 2.20. The van der Waals surface area contributed by atoms with Crippen LogP contribution in [-0.2, 0) is 11.3 Å². The molecule has 4 heteroatoms. The summed E-state index contributed by atoms with van der Waals surface area (Å²) in [6, 6.07) is 7.92. The van der Waals surface area contributed by atoms with Gasteiger partial charge in [0.1, 0.15) is 0 Å². The molecule has 0 heterocycles. The molecule has 3 N–H and O–H groups in total. The van der Waals surface area contributed by atoms with E-state index in [1.54, 1.807) is 0 Å². The molecule has 0 aliphatic heterocycles. The zero-order valence-electron chi connectivity index (χ0n) is 9.53. The van der Waals surface area contributed by atoms with Gasteiger partial charge in [-0.2, -0.15) is 0 Å². The van der Waals surface area contributed by atoms with Gasteiger partial charge in [-0.3, -0.25) is 0 Å². The van der Waals surface area contributed by atoms with Crippen molar-refractivity contribution in [2.45, 2.75) is 26.0 Å². The highest BCUT2D eigenvalue weighted by atomic mass is 16.4. The van der Waals surface area contributed by atoms with Crippen LogP contribution in [0.3, 0.4) is 0 Å². The summed E-state index contributed by atoms with van der Waals surface area (Å²) in [6.07, 6.45) is 0. The molecule has 0 saturated heterocycles. The Bertz CT molecular complexity index is 357. The molecule has 1 atom stereocenters. The van der Waals surface area contributed by atoms with Crippen molar-refractivity contribution in [3.05, 3.63) is 35.4 Å². The van der Waals surface area contributed by atoms with Gasteiger partial charge in [-0.25, -0.2) is 4.79 Å². The van der Waals surface area contributed by atoms with Crippen molar-refractivity contribution in [3.63, 3.8) is 0 Å². The first-order valence-corrected chi connectivity index (χ1v) is 5.14. The molecule has 88 valence electrons. The van der Waals surface area contributed by atoms with Crippen LogP contribution in [0, 0.1) is 6.92 Å². The molecule has 0 radical (unpaired) electrons. The van der Waals surface area contributed by atoms with Crippen molar-refractivity contribution in [2.24, 2.45) is 0 Å². The lowest BCUT2D eigenvalue weighted by molar-refractivity contribution is -0.156. The van der Waals surface area contributed by atoms with Crippen LogP contribution in [0.5, 0.6) is 0 Å². The van der Waals surface area contributed by atoms with Gasteiger partial charge < -0.3 is 15.5 Å². The summed E-state index contributed by atoms with van der Waals surface area (Å²) in [5.41, 5.74) is 0.526. The second-order valence-electron chi connectivity index (χ2n) is 4.17. The number of rotatable bonds is 5. The predicted molar refractivity (Wildman–Crippen MR) is 61.1 cm³/mol. The standard InChI is InChI=1S/C12H17NO3/c1-9-3-5-10(6-4-9)7-13-8-12(2,16)11(14)15/h3-6,13,16H,7-8H2,1-2H3,(H,14,15). The van der Waals surface area contributed by atoms with Crippen molar-refractivity contribution >= 4 is 5.97 Å². The monoisotopic (exact) mass is 223 g/mol. The van der Waals surface area contributed by atoms with E-state index >= 15 is 0 Å². The molecule has 4 nitrogen and oxygen atoms in total. The Morgan fingerprint density at radius 3 is 2.44 bits per heavy atom. The van der Waals surface area contributed by atoms with Crippen molar-refractivity contribution in [3.8, 4) is 0 Å². The zero-order chi connectivity index (χ0) is 12.2. The minimum absolute atomic E-state index is 0.0240. The average molecular weight is 223 g/mol. The molecular formula is C12H17NO3. The van der Waals surface area contributed by atoms with Crippen LogP contribution >= 0.6 is 0 Å². The quantitative estimate of drug-likeness (QED) is 0.694. The lowest BCUT2D eigenvalue weighted by atomic mass is 10.1. The third kappa shape index (κ3) is 3.64. The van der Waals surface area contributed by atoms with Crippen LogP contribution in [0.4, 0.5) is 0 Å². The maximum Gasteiger partial charge on any atom is 0.336 e. The highest BCUT2D eigenvalue weighted by Crippen LogP contribution is 2.04. The largest absolute Gasteiger partial charge is 0.479 e. The SMILES string of the molecule is Cc1ccc(CNCC(C)(O)C(=O)O)cc1. The molecule has 0 fully saturated rings. The second kappa shape index (κ2) is 5.09. The van der Waals surface area contributed by atoms with Crippen LogP contribution in [0.15, 0.2) is 24.3 Å². The fraction of sp³-hybridized carbons (Fsp3) is 0.417. The van der Waals surface area contributed by atoms with Gasteiger partial charge >= 0.3 is 5.97 Å². The zero-order valence-corrected chi connectivity index (χ0v) is 9.53. The van der Waals surface area contributed by atoms with Gasteiger partial charge in [-0.1, -0.05) is 29.8 Å². The molecule has 0 amide bonds. The molecule has 16 heavy (non-hydrogen) atoms. The highest BCUT2D eigenvalue weighted by Gasteiger charge is 2.28. The van der Waals surface area contributed by atoms with Crippen LogP contribution in [-0.4, -0.2) is 28.3 Å². The third-order valence-corrected chi connectivity index (χ3v) is 2.38. The van der Waals surface area contributed by atoms with Gasteiger partial charge in [0.25, 0.3) is 0 Å². The van der Waals surface area contributed by atoms with Crippen molar-refractivity contribution in [1.82, 2.24) is 5.32 Å². The maximum atomic E-state index is 10.6. The molecule has 0 bridgehead atoms. The smallest absolute Gasteiger partial charge is 0.336 e. The Morgan fingerprint density at radius 2 is 1.94 bits per heavy atom. The Kier molecular flexibility index (Phi) is 4.04. The summed E-state index contributed by atoms with van der Waals surface area (Å²) in [6.45, 7) is 3.85. The number of benzene rings is 1. The molecule has 0 spiro atoms. The third-order valence-electron chi connectivity index (χ3n) is 2.38. The van der Waals surface area contributed by atoms with Gasteiger partial charge in [0, 0.05) is 13.1 Å². The van der Waals surface area contributed by atoms with E-state index in [0.717, 1.165) is 5.56 Å². The summed E-state index contributed by atoms with van der Waals surface area (Å²) in [4.78, 5) is 10.6. The summed E-state index contributed by atoms with van der Waals surface area (Å²) in [5, 5.41) is 21.0. The van der Waals surface area contributed by atoms with E-state index in [1.807, 2.05) is 31.2 Å². The number of aliphatic hydroxyl groups is 1. The van der Waals surface area contributed by atoms with Gasteiger partial charge in [0.15, 0.2) is 5.60 Å². The maximum absolute atomic E-state index is 10.6. The molecule has 1 unspecified atom stereocenters. The number of aliphatic carboxylic acids is 1. The van der Waals surface area contributed by atoms with E-state index in [4.69, 9.17) is 5.11 Å². The second-order valence-corrected chi connectivity index (χ2v) is 4.17. The number of hydrogen-bond acceptors (Lipinski definition) is 3.